The lowest BCUT2D eigenvalue weighted by molar-refractivity contribution is -0.118. The van der Waals surface area contributed by atoms with Gasteiger partial charge in [0.25, 0.3) is 0 Å². The smallest absolute Gasteiger partial charge is 0.217 e. The second-order valence-electron chi connectivity index (χ2n) is 8.14. The van der Waals surface area contributed by atoms with Crippen molar-refractivity contribution in [2.45, 2.75) is 25.8 Å². The number of benzene rings is 2. The number of fused-ring (bicyclic) bond motifs is 2. The maximum atomic E-state index is 12.3. The van der Waals surface area contributed by atoms with E-state index in [0.717, 1.165) is 27.7 Å². The average molecular weight is 451 g/mol. The monoisotopic (exact) mass is 450 g/mol. The minimum Gasteiger partial charge on any atom is -0.370 e. The highest BCUT2D eigenvalue weighted by molar-refractivity contribution is 5.96. The van der Waals surface area contributed by atoms with Crippen LogP contribution in [-0.4, -0.2) is 36.7 Å². The highest BCUT2D eigenvalue weighted by atomic mass is 16.1. The van der Waals surface area contributed by atoms with Gasteiger partial charge in [-0.2, -0.15) is 0 Å². The van der Waals surface area contributed by atoms with Crippen LogP contribution in [0, 0.1) is 0 Å². The Hall–Kier alpha value is -4.46. The third kappa shape index (κ3) is 4.52. The molecule has 5 rings (SSSR count). The van der Waals surface area contributed by atoms with Gasteiger partial charge in [0.05, 0.1) is 17.8 Å². The number of primary amides is 1. The Morgan fingerprint density at radius 3 is 2.56 bits per heavy atom. The molecule has 2 N–H and O–H groups in total. The molecule has 3 aromatic heterocycles. The van der Waals surface area contributed by atoms with Crippen molar-refractivity contribution >= 4 is 33.8 Å². The van der Waals surface area contributed by atoms with Gasteiger partial charge in [-0.1, -0.05) is 41.6 Å². The van der Waals surface area contributed by atoms with Gasteiger partial charge in [-0.3, -0.25) is 14.6 Å². The van der Waals surface area contributed by atoms with Crippen molar-refractivity contribution in [2.75, 3.05) is 0 Å². The topological polar surface area (TPSA) is 117 Å². The summed E-state index contributed by atoms with van der Waals surface area (Å²) in [5.41, 5.74) is 10.8. The molecule has 0 radical (unpaired) electrons. The van der Waals surface area contributed by atoms with E-state index in [-0.39, 0.29) is 12.2 Å². The minimum absolute atomic E-state index is 0.0101. The highest BCUT2D eigenvalue weighted by Gasteiger charge is 2.11. The number of nitrogens with two attached hydrogens (primary N) is 1. The number of ketones is 1. The molecule has 3 heterocycles. The predicted molar refractivity (Wildman–Crippen MR) is 129 cm³/mol. The summed E-state index contributed by atoms with van der Waals surface area (Å²) in [6.07, 6.45) is 2.75. The maximum absolute atomic E-state index is 12.3. The number of pyridine rings is 2. The molecule has 0 aliphatic rings. The van der Waals surface area contributed by atoms with Gasteiger partial charge in [-0.05, 0) is 42.3 Å². The third-order valence-electron chi connectivity index (χ3n) is 5.69. The van der Waals surface area contributed by atoms with E-state index < -0.39 is 5.91 Å². The van der Waals surface area contributed by atoms with Gasteiger partial charge in [-0.25, -0.2) is 9.67 Å². The summed E-state index contributed by atoms with van der Waals surface area (Å²) in [5, 5.41) is 9.62. The van der Waals surface area contributed by atoms with Gasteiger partial charge < -0.3 is 5.73 Å². The molecule has 0 saturated heterocycles. The van der Waals surface area contributed by atoms with Crippen LogP contribution in [0.25, 0.3) is 33.3 Å². The van der Waals surface area contributed by atoms with Crippen LogP contribution in [0.15, 0.2) is 72.9 Å². The fourth-order valence-electron chi connectivity index (χ4n) is 3.91. The molecule has 1 amide bonds. The fourth-order valence-corrected chi connectivity index (χ4v) is 3.91. The molecule has 8 heteroatoms. The fraction of sp³-hybridized carbons (Fsp3) is 0.154. The van der Waals surface area contributed by atoms with Gasteiger partial charge in [0.1, 0.15) is 5.52 Å². The van der Waals surface area contributed by atoms with Crippen molar-refractivity contribution in [3.05, 3.63) is 84.1 Å². The number of hydrogen-bond donors (Lipinski definition) is 1. The van der Waals surface area contributed by atoms with Crippen LogP contribution >= 0.6 is 0 Å². The molecular weight excluding hydrogens is 428 g/mol. The van der Waals surface area contributed by atoms with Crippen molar-refractivity contribution in [1.82, 2.24) is 25.0 Å². The molecule has 0 atom stereocenters. The molecule has 34 heavy (non-hydrogen) atoms. The molecule has 5 aromatic rings. The largest absolute Gasteiger partial charge is 0.370 e. The first kappa shape index (κ1) is 21.4. The van der Waals surface area contributed by atoms with Crippen LogP contribution in [0.5, 0.6) is 0 Å². The molecular formula is C26H22N6O2. The zero-order valence-electron chi connectivity index (χ0n) is 18.4. The number of rotatable bonds is 8. The summed E-state index contributed by atoms with van der Waals surface area (Å²) >= 11 is 0. The van der Waals surface area contributed by atoms with Gasteiger partial charge in [0.2, 0.25) is 5.91 Å². The zero-order valence-corrected chi connectivity index (χ0v) is 18.4. The van der Waals surface area contributed by atoms with Crippen LogP contribution < -0.4 is 5.73 Å². The van der Waals surface area contributed by atoms with E-state index in [4.69, 9.17) is 10.7 Å². The molecule has 168 valence electrons. The van der Waals surface area contributed by atoms with E-state index in [1.54, 1.807) is 23.0 Å². The molecule has 0 spiro atoms. The van der Waals surface area contributed by atoms with Crippen molar-refractivity contribution in [3.63, 3.8) is 0 Å². The Morgan fingerprint density at radius 1 is 0.912 bits per heavy atom. The van der Waals surface area contributed by atoms with E-state index in [0.29, 0.717) is 36.1 Å². The van der Waals surface area contributed by atoms with Crippen molar-refractivity contribution < 1.29 is 9.59 Å². The lowest BCUT2D eigenvalue weighted by Gasteiger charge is -2.06. The lowest BCUT2D eigenvalue weighted by Crippen LogP contribution is -2.10. The predicted octanol–water partition coefficient (Wildman–Crippen LogP) is 3.93. The minimum atomic E-state index is -0.393. The third-order valence-corrected chi connectivity index (χ3v) is 5.69. The number of nitrogens with zero attached hydrogens (tertiary/aromatic N) is 5. The Bertz CT molecular complexity index is 1510. The van der Waals surface area contributed by atoms with Gasteiger partial charge in [-0.15, -0.1) is 5.10 Å². The first-order valence-corrected chi connectivity index (χ1v) is 11.0. The Labute approximate surface area is 195 Å². The molecule has 0 unspecified atom stereocenters. The van der Waals surface area contributed by atoms with Crippen molar-refractivity contribution in [2.24, 2.45) is 5.73 Å². The molecule has 0 aliphatic carbocycles. The van der Waals surface area contributed by atoms with Gasteiger partial charge in [0, 0.05) is 35.6 Å². The van der Waals surface area contributed by atoms with E-state index in [2.05, 4.69) is 21.4 Å². The summed E-state index contributed by atoms with van der Waals surface area (Å²) in [6.45, 7) is 0.538. The first-order valence-electron chi connectivity index (χ1n) is 11.0. The maximum Gasteiger partial charge on any atom is 0.217 e. The molecule has 0 saturated carbocycles. The Balaban J connectivity index is 1.37. The van der Waals surface area contributed by atoms with E-state index in [1.165, 1.54) is 0 Å². The second kappa shape index (κ2) is 9.19. The average Bonchev–Trinajstić information content (AvgIpc) is 3.25. The summed E-state index contributed by atoms with van der Waals surface area (Å²) in [6, 6.07) is 21.2. The van der Waals surface area contributed by atoms with Gasteiger partial charge >= 0.3 is 0 Å². The van der Waals surface area contributed by atoms with Crippen LogP contribution in [-0.2, 0) is 11.3 Å². The molecule has 0 bridgehead atoms. The highest BCUT2D eigenvalue weighted by Crippen LogP contribution is 2.22. The molecule has 8 nitrogen and oxygen atoms in total. The Kier molecular flexibility index (Phi) is 5.78. The van der Waals surface area contributed by atoms with Gasteiger partial charge in [0.15, 0.2) is 11.4 Å². The zero-order chi connectivity index (χ0) is 23.5. The SMILES string of the molecule is NC(=O)CCCC(=O)c1ccc(-c2ccc3nnn(Cc4ccc5ncccc5c4)c3n2)cc1. The van der Waals surface area contributed by atoms with E-state index >= 15 is 0 Å². The standard InChI is InChI=1S/C26H22N6O2/c27-25(34)5-1-4-24(33)19-9-7-18(8-10-19)22-12-13-23-26(29-22)32(31-30-23)16-17-6-11-21-20(15-17)3-2-14-28-21/h2-3,6-15H,1,4-5,16H2,(H2,27,34). The number of aromatic nitrogens is 5. The van der Waals surface area contributed by atoms with Crippen LogP contribution in [0.1, 0.15) is 35.2 Å². The quantitative estimate of drug-likeness (QED) is 0.358. The van der Waals surface area contributed by atoms with E-state index in [9.17, 15) is 9.59 Å². The van der Waals surface area contributed by atoms with E-state index in [1.807, 2.05) is 48.5 Å². The molecule has 0 aliphatic heterocycles. The second-order valence-corrected chi connectivity index (χ2v) is 8.14. The van der Waals surface area contributed by atoms with Crippen LogP contribution in [0.2, 0.25) is 0 Å². The summed E-state index contributed by atoms with van der Waals surface area (Å²) in [7, 11) is 0. The summed E-state index contributed by atoms with van der Waals surface area (Å²) in [4.78, 5) is 32.3. The normalized spacial score (nSPS) is 11.2. The number of hydrogen-bond acceptors (Lipinski definition) is 6. The molecule has 0 fully saturated rings. The Morgan fingerprint density at radius 2 is 1.74 bits per heavy atom. The number of amides is 1. The number of carbonyl (C=O) groups is 2. The number of carbonyl (C=O) groups excluding carboxylic acids is 2. The van der Waals surface area contributed by atoms with Crippen LogP contribution in [0.4, 0.5) is 0 Å². The summed E-state index contributed by atoms with van der Waals surface area (Å²) in [5.74, 6) is -0.403. The lowest BCUT2D eigenvalue weighted by atomic mass is 10.0. The molecule has 2 aromatic carbocycles. The number of Topliss-reactive ketones (excluding diaryl/α,β-unsaturated/α-hetero) is 1. The van der Waals surface area contributed by atoms with Crippen LogP contribution in [0.3, 0.4) is 0 Å². The van der Waals surface area contributed by atoms with Crippen molar-refractivity contribution in [1.29, 1.82) is 0 Å². The summed E-state index contributed by atoms with van der Waals surface area (Å²) < 4.78 is 1.78. The van der Waals surface area contributed by atoms with Crippen molar-refractivity contribution in [3.8, 4) is 11.3 Å². The first-order chi connectivity index (χ1) is 16.6.